The van der Waals surface area contributed by atoms with Gasteiger partial charge < -0.3 is 4.74 Å². The number of esters is 1. The molecule has 0 spiro atoms. The number of rotatable bonds is 15. The molecule has 0 N–H and O–H groups in total. The Morgan fingerprint density at radius 3 is 1.95 bits per heavy atom. The van der Waals surface area contributed by atoms with Crippen molar-refractivity contribution in [1.82, 2.24) is 0 Å². The zero-order valence-corrected chi connectivity index (χ0v) is 14.8. The van der Waals surface area contributed by atoms with E-state index in [1.165, 1.54) is 57.8 Å². The first-order chi connectivity index (χ1) is 10.2. The molecule has 2 nitrogen and oxygen atoms in total. The van der Waals surface area contributed by atoms with Crippen LogP contribution in [0.5, 0.6) is 0 Å². The standard InChI is InChI=1S/C19H38O2/c1-4-5-6-7-8-9-10-11-14-17-21-19(20)16-13-12-15-18(2)3/h18H,4-17H2,1-3H3. The monoisotopic (exact) mass is 298 g/mol. The van der Waals surface area contributed by atoms with Crippen molar-refractivity contribution in [2.75, 3.05) is 6.61 Å². The Morgan fingerprint density at radius 2 is 1.38 bits per heavy atom. The van der Waals surface area contributed by atoms with Gasteiger partial charge in [0.2, 0.25) is 0 Å². The Bertz CT molecular complexity index is 224. The molecular weight excluding hydrogens is 260 g/mol. The summed E-state index contributed by atoms with van der Waals surface area (Å²) in [6, 6.07) is 0. The second-order valence-electron chi connectivity index (χ2n) is 6.69. The second-order valence-corrected chi connectivity index (χ2v) is 6.69. The molecule has 0 aliphatic carbocycles. The van der Waals surface area contributed by atoms with Gasteiger partial charge in [0.1, 0.15) is 0 Å². The van der Waals surface area contributed by atoms with Crippen LogP contribution in [0.3, 0.4) is 0 Å². The van der Waals surface area contributed by atoms with Crippen molar-refractivity contribution in [1.29, 1.82) is 0 Å². The number of hydrogen-bond donors (Lipinski definition) is 0. The number of ether oxygens (including phenoxy) is 1. The van der Waals surface area contributed by atoms with E-state index < -0.39 is 0 Å². The largest absolute Gasteiger partial charge is 0.466 e. The third-order valence-electron chi connectivity index (χ3n) is 3.92. The lowest BCUT2D eigenvalue weighted by Crippen LogP contribution is -2.05. The Morgan fingerprint density at radius 1 is 0.810 bits per heavy atom. The van der Waals surface area contributed by atoms with Gasteiger partial charge >= 0.3 is 5.97 Å². The Hall–Kier alpha value is -0.530. The third kappa shape index (κ3) is 17.4. The minimum absolute atomic E-state index is 0.00155. The summed E-state index contributed by atoms with van der Waals surface area (Å²) in [7, 11) is 0. The van der Waals surface area contributed by atoms with Crippen LogP contribution in [0, 0.1) is 5.92 Å². The fourth-order valence-electron chi connectivity index (χ4n) is 2.49. The lowest BCUT2D eigenvalue weighted by Gasteiger charge is -2.06. The fraction of sp³-hybridized carbons (Fsp3) is 0.947. The first kappa shape index (κ1) is 20.5. The lowest BCUT2D eigenvalue weighted by atomic mass is 10.1. The molecule has 0 aromatic rings. The SMILES string of the molecule is CCCCCCCCCCCOC(=O)CCCCC(C)C. The lowest BCUT2D eigenvalue weighted by molar-refractivity contribution is -0.143. The summed E-state index contributed by atoms with van der Waals surface area (Å²) in [5.41, 5.74) is 0. The highest BCUT2D eigenvalue weighted by molar-refractivity contribution is 5.69. The van der Waals surface area contributed by atoms with Crippen LogP contribution in [0.2, 0.25) is 0 Å². The van der Waals surface area contributed by atoms with E-state index in [2.05, 4.69) is 20.8 Å². The summed E-state index contributed by atoms with van der Waals surface area (Å²) < 4.78 is 5.27. The van der Waals surface area contributed by atoms with E-state index >= 15 is 0 Å². The maximum absolute atomic E-state index is 11.5. The molecule has 0 heterocycles. The van der Waals surface area contributed by atoms with Gasteiger partial charge in [0.15, 0.2) is 0 Å². The predicted molar refractivity (Wildman–Crippen MR) is 91.5 cm³/mol. The van der Waals surface area contributed by atoms with E-state index in [1.807, 2.05) is 0 Å². The second kappa shape index (κ2) is 15.9. The number of carbonyl (C=O) groups excluding carboxylic acids is 1. The molecule has 0 saturated heterocycles. The summed E-state index contributed by atoms with van der Waals surface area (Å²) in [6.45, 7) is 7.33. The quantitative estimate of drug-likeness (QED) is 0.263. The molecule has 0 bridgehead atoms. The molecule has 0 aromatic carbocycles. The molecule has 0 aliphatic rings. The minimum Gasteiger partial charge on any atom is -0.466 e. The van der Waals surface area contributed by atoms with Crippen LogP contribution >= 0.6 is 0 Å². The molecule has 2 heteroatoms. The van der Waals surface area contributed by atoms with Gasteiger partial charge in [-0.25, -0.2) is 0 Å². The average Bonchev–Trinajstić information content (AvgIpc) is 2.45. The maximum Gasteiger partial charge on any atom is 0.305 e. The van der Waals surface area contributed by atoms with Crippen LogP contribution in [-0.4, -0.2) is 12.6 Å². The van der Waals surface area contributed by atoms with E-state index in [0.29, 0.717) is 13.0 Å². The van der Waals surface area contributed by atoms with Crippen LogP contribution < -0.4 is 0 Å². The predicted octanol–water partition coefficient (Wildman–Crippen LogP) is 6.28. The van der Waals surface area contributed by atoms with Crippen LogP contribution in [-0.2, 0) is 9.53 Å². The summed E-state index contributed by atoms with van der Waals surface area (Å²) >= 11 is 0. The van der Waals surface area contributed by atoms with Crippen molar-refractivity contribution in [2.24, 2.45) is 5.92 Å². The smallest absolute Gasteiger partial charge is 0.305 e. The summed E-state index contributed by atoms with van der Waals surface area (Å²) in [5.74, 6) is 0.737. The van der Waals surface area contributed by atoms with Crippen LogP contribution in [0.4, 0.5) is 0 Å². The van der Waals surface area contributed by atoms with Crippen molar-refractivity contribution < 1.29 is 9.53 Å². The first-order valence-corrected chi connectivity index (χ1v) is 9.32. The Balaban J connectivity index is 3.14. The zero-order chi connectivity index (χ0) is 15.8. The Labute approximate surface area is 133 Å². The van der Waals surface area contributed by atoms with E-state index in [1.54, 1.807) is 0 Å². The molecule has 0 atom stereocenters. The van der Waals surface area contributed by atoms with Gasteiger partial charge in [-0.2, -0.15) is 0 Å². The number of hydrogen-bond acceptors (Lipinski definition) is 2. The topological polar surface area (TPSA) is 26.3 Å². The molecule has 0 saturated carbocycles. The van der Waals surface area contributed by atoms with Crippen LogP contribution in [0.15, 0.2) is 0 Å². The van der Waals surface area contributed by atoms with Crippen molar-refractivity contribution in [3.05, 3.63) is 0 Å². The van der Waals surface area contributed by atoms with Crippen LogP contribution in [0.25, 0.3) is 0 Å². The van der Waals surface area contributed by atoms with Crippen molar-refractivity contribution in [3.8, 4) is 0 Å². The van der Waals surface area contributed by atoms with Gasteiger partial charge in [-0.1, -0.05) is 85.0 Å². The fourth-order valence-corrected chi connectivity index (χ4v) is 2.49. The molecular formula is C19H38O2. The molecule has 0 aromatic heterocycles. The van der Waals surface area contributed by atoms with E-state index in [-0.39, 0.29) is 5.97 Å². The average molecular weight is 299 g/mol. The van der Waals surface area contributed by atoms with E-state index in [4.69, 9.17) is 4.74 Å². The van der Waals surface area contributed by atoms with Gasteiger partial charge in [-0.3, -0.25) is 4.79 Å². The summed E-state index contributed by atoms with van der Waals surface area (Å²) in [5, 5.41) is 0. The van der Waals surface area contributed by atoms with E-state index in [0.717, 1.165) is 25.2 Å². The Kier molecular flexibility index (Phi) is 15.5. The molecule has 0 radical (unpaired) electrons. The molecule has 21 heavy (non-hydrogen) atoms. The van der Waals surface area contributed by atoms with Crippen molar-refractivity contribution in [2.45, 2.75) is 104 Å². The molecule has 0 amide bonds. The molecule has 126 valence electrons. The maximum atomic E-state index is 11.5. The highest BCUT2D eigenvalue weighted by Crippen LogP contribution is 2.10. The minimum atomic E-state index is -0.00155. The van der Waals surface area contributed by atoms with Crippen molar-refractivity contribution >= 4 is 5.97 Å². The molecule has 0 fully saturated rings. The van der Waals surface area contributed by atoms with Gasteiger partial charge in [-0.05, 0) is 18.8 Å². The highest BCUT2D eigenvalue weighted by Gasteiger charge is 2.03. The highest BCUT2D eigenvalue weighted by atomic mass is 16.5. The van der Waals surface area contributed by atoms with Gasteiger partial charge in [0.25, 0.3) is 0 Å². The zero-order valence-electron chi connectivity index (χ0n) is 14.8. The van der Waals surface area contributed by atoms with Gasteiger partial charge in [0, 0.05) is 6.42 Å². The molecule has 0 unspecified atom stereocenters. The van der Waals surface area contributed by atoms with Gasteiger partial charge in [0.05, 0.1) is 6.61 Å². The normalized spacial score (nSPS) is 11.0. The number of unbranched alkanes of at least 4 members (excludes halogenated alkanes) is 9. The molecule has 0 rings (SSSR count). The summed E-state index contributed by atoms with van der Waals surface area (Å²) in [6.07, 6.45) is 15.7. The molecule has 0 aliphatic heterocycles. The van der Waals surface area contributed by atoms with Crippen LogP contribution in [0.1, 0.15) is 104 Å². The van der Waals surface area contributed by atoms with Crippen molar-refractivity contribution in [3.63, 3.8) is 0 Å². The summed E-state index contributed by atoms with van der Waals surface area (Å²) in [4.78, 5) is 11.5. The van der Waals surface area contributed by atoms with E-state index in [9.17, 15) is 4.79 Å². The van der Waals surface area contributed by atoms with Gasteiger partial charge in [-0.15, -0.1) is 0 Å². The third-order valence-corrected chi connectivity index (χ3v) is 3.92. The number of carbonyl (C=O) groups is 1. The first-order valence-electron chi connectivity index (χ1n) is 9.32.